The molecule has 3 aromatic carbocycles. The highest BCUT2D eigenvalue weighted by atomic mass is 79.9. The van der Waals surface area contributed by atoms with Crippen LogP contribution in [-0.2, 0) is 0 Å². The van der Waals surface area contributed by atoms with Crippen molar-refractivity contribution in [1.29, 1.82) is 0 Å². The van der Waals surface area contributed by atoms with Gasteiger partial charge in [-0.3, -0.25) is 0 Å². The van der Waals surface area contributed by atoms with Crippen molar-refractivity contribution in [1.82, 2.24) is 5.01 Å². The second-order valence-electron chi connectivity index (χ2n) is 7.70. The van der Waals surface area contributed by atoms with Gasteiger partial charge in [0.2, 0.25) is 6.23 Å². The fraction of sp³-hybridized carbons (Fsp3) is 0.192. The van der Waals surface area contributed by atoms with Crippen LogP contribution in [0.5, 0.6) is 17.2 Å². The Balaban J connectivity index is 1.50. The summed E-state index contributed by atoms with van der Waals surface area (Å²) >= 11 is 3.61. The average molecular weight is 491 g/mol. The van der Waals surface area contributed by atoms with Crippen molar-refractivity contribution in [3.05, 3.63) is 101 Å². The van der Waals surface area contributed by atoms with E-state index in [1.165, 1.54) is 0 Å². The maximum Gasteiger partial charge on any atom is 0.213 e. The lowest BCUT2D eigenvalue weighted by atomic mass is 9.96. The summed E-state index contributed by atoms with van der Waals surface area (Å²) in [6, 6.07) is 22.3. The molecule has 0 bridgehead atoms. The Kier molecular flexibility index (Phi) is 5.62. The monoisotopic (exact) mass is 490 g/mol. The molecule has 5 rings (SSSR count). The van der Waals surface area contributed by atoms with Gasteiger partial charge in [-0.1, -0.05) is 28.6 Å². The van der Waals surface area contributed by atoms with E-state index in [1.54, 1.807) is 13.2 Å². The molecule has 5 nitrogen and oxygen atoms in total. The second-order valence-corrected chi connectivity index (χ2v) is 8.61. The topological polar surface area (TPSA) is 43.3 Å². The van der Waals surface area contributed by atoms with E-state index in [0.29, 0.717) is 6.61 Å². The fourth-order valence-corrected chi connectivity index (χ4v) is 4.50. The number of ether oxygens (including phenoxy) is 3. The Bertz CT molecular complexity index is 1160. The molecule has 0 N–H and O–H groups in total. The number of hydrogen-bond acceptors (Lipinski definition) is 5. The first-order chi connectivity index (χ1) is 15.7. The number of halogens is 1. The Labute approximate surface area is 196 Å². The van der Waals surface area contributed by atoms with Gasteiger partial charge in [-0.15, -0.1) is 0 Å². The zero-order valence-corrected chi connectivity index (χ0v) is 19.3. The number of fused-ring (bicyclic) bond motifs is 3. The molecule has 0 aliphatic carbocycles. The summed E-state index contributed by atoms with van der Waals surface area (Å²) in [6.45, 7) is 4.18. The lowest BCUT2D eigenvalue weighted by molar-refractivity contribution is -0.0191. The van der Waals surface area contributed by atoms with Crippen LogP contribution >= 0.6 is 15.9 Å². The first-order valence-electron chi connectivity index (χ1n) is 10.5. The van der Waals surface area contributed by atoms with Gasteiger partial charge in [0.15, 0.2) is 0 Å². The average Bonchev–Trinajstić information content (AvgIpc) is 3.28. The second kappa shape index (κ2) is 8.71. The number of methoxy groups -OCH3 is 1. The quantitative estimate of drug-likeness (QED) is 0.382. The predicted molar refractivity (Wildman–Crippen MR) is 128 cm³/mol. The number of benzene rings is 3. The van der Waals surface area contributed by atoms with Crippen molar-refractivity contribution >= 4 is 21.6 Å². The van der Waals surface area contributed by atoms with Crippen LogP contribution in [0.25, 0.3) is 0 Å². The molecule has 3 aromatic rings. The summed E-state index contributed by atoms with van der Waals surface area (Å²) in [6.07, 6.45) is 2.22. The normalized spacial score (nSPS) is 18.8. The van der Waals surface area contributed by atoms with Crippen molar-refractivity contribution in [3.8, 4) is 17.2 Å². The lowest BCUT2D eigenvalue weighted by Crippen LogP contribution is -2.33. The number of nitrogens with zero attached hydrogens (tertiary/aromatic N) is 2. The van der Waals surface area contributed by atoms with Crippen LogP contribution in [0.1, 0.15) is 35.4 Å². The van der Waals surface area contributed by atoms with E-state index < -0.39 is 0 Å². The van der Waals surface area contributed by atoms with Crippen molar-refractivity contribution in [2.45, 2.75) is 18.7 Å². The third-order valence-electron chi connectivity index (χ3n) is 5.71. The third-order valence-corrected chi connectivity index (χ3v) is 6.20. The van der Waals surface area contributed by atoms with Gasteiger partial charge < -0.3 is 14.2 Å². The molecule has 0 radical (unpaired) electrons. The molecular formula is C26H23BrN2O3. The molecule has 0 saturated carbocycles. The minimum atomic E-state index is -0.313. The summed E-state index contributed by atoms with van der Waals surface area (Å²) in [5.74, 6) is 2.52. The molecule has 0 amide bonds. The van der Waals surface area contributed by atoms with Gasteiger partial charge in [0.25, 0.3) is 0 Å². The molecule has 0 unspecified atom stereocenters. The van der Waals surface area contributed by atoms with Gasteiger partial charge in [-0.25, -0.2) is 5.01 Å². The van der Waals surface area contributed by atoms with Crippen molar-refractivity contribution in [3.63, 3.8) is 0 Å². The Hall–Kier alpha value is -3.25. The summed E-state index contributed by atoms with van der Waals surface area (Å²) < 4.78 is 18.4. The van der Waals surface area contributed by atoms with E-state index in [4.69, 9.17) is 19.3 Å². The molecule has 0 aromatic heterocycles. The minimum Gasteiger partial charge on any atom is -0.497 e. The standard InChI is InChI=1S/C26H23BrN2O3/c1-3-14-31-21-11-4-17(5-12-21)23-16-24-22-15-19(27)8-13-25(22)32-26(29(24)28-23)18-6-9-20(30-2)10-7-18/h3-13,15,24,26H,1,14,16H2,2H3/t24-,26-/m0/s1. The van der Waals surface area contributed by atoms with E-state index >= 15 is 0 Å². The first kappa shape index (κ1) is 20.6. The number of hydrogen-bond donors (Lipinski definition) is 0. The Morgan fingerprint density at radius 2 is 1.84 bits per heavy atom. The molecule has 32 heavy (non-hydrogen) atoms. The van der Waals surface area contributed by atoms with E-state index in [1.807, 2.05) is 48.5 Å². The highest BCUT2D eigenvalue weighted by Gasteiger charge is 2.41. The van der Waals surface area contributed by atoms with E-state index in [-0.39, 0.29) is 12.3 Å². The minimum absolute atomic E-state index is 0.0926. The number of hydrazone groups is 1. The highest BCUT2D eigenvalue weighted by molar-refractivity contribution is 9.10. The Morgan fingerprint density at radius 3 is 2.56 bits per heavy atom. The highest BCUT2D eigenvalue weighted by Crippen LogP contribution is 2.48. The molecule has 2 aliphatic rings. The largest absolute Gasteiger partial charge is 0.497 e. The molecule has 0 spiro atoms. The molecule has 162 valence electrons. The van der Waals surface area contributed by atoms with E-state index in [2.05, 4.69) is 45.7 Å². The zero-order chi connectivity index (χ0) is 22.1. The van der Waals surface area contributed by atoms with E-state index in [0.717, 1.165) is 50.5 Å². The molecule has 2 heterocycles. The van der Waals surface area contributed by atoms with Crippen molar-refractivity contribution in [2.24, 2.45) is 5.10 Å². The van der Waals surface area contributed by atoms with Gasteiger partial charge in [-0.05, 0) is 72.3 Å². The van der Waals surface area contributed by atoms with Crippen LogP contribution in [0.4, 0.5) is 0 Å². The lowest BCUT2D eigenvalue weighted by Gasteiger charge is -2.38. The van der Waals surface area contributed by atoms with Crippen molar-refractivity contribution < 1.29 is 14.2 Å². The summed E-state index contributed by atoms with van der Waals surface area (Å²) in [4.78, 5) is 0. The van der Waals surface area contributed by atoms with Gasteiger partial charge >= 0.3 is 0 Å². The van der Waals surface area contributed by atoms with Gasteiger partial charge in [0.1, 0.15) is 23.9 Å². The van der Waals surface area contributed by atoms with Crippen LogP contribution in [0.2, 0.25) is 0 Å². The summed E-state index contributed by atoms with van der Waals surface area (Å²) in [5.41, 5.74) is 4.27. The predicted octanol–water partition coefficient (Wildman–Crippen LogP) is 6.26. The number of rotatable bonds is 6. The van der Waals surface area contributed by atoms with Gasteiger partial charge in [0, 0.05) is 22.0 Å². The molecule has 2 aliphatic heterocycles. The van der Waals surface area contributed by atoms with Crippen LogP contribution < -0.4 is 14.2 Å². The maximum atomic E-state index is 6.44. The summed E-state index contributed by atoms with van der Waals surface area (Å²) in [7, 11) is 1.67. The maximum absolute atomic E-state index is 6.44. The molecule has 6 heteroatoms. The summed E-state index contributed by atoms with van der Waals surface area (Å²) in [5, 5.41) is 7.10. The van der Waals surface area contributed by atoms with Crippen LogP contribution in [0.3, 0.4) is 0 Å². The van der Waals surface area contributed by atoms with Crippen molar-refractivity contribution in [2.75, 3.05) is 13.7 Å². The van der Waals surface area contributed by atoms with Gasteiger partial charge in [0.05, 0.1) is 18.9 Å². The van der Waals surface area contributed by atoms with Crippen LogP contribution in [0, 0.1) is 0 Å². The smallest absolute Gasteiger partial charge is 0.213 e. The fourth-order valence-electron chi connectivity index (χ4n) is 4.12. The van der Waals surface area contributed by atoms with Crippen LogP contribution in [0.15, 0.2) is 89.0 Å². The first-order valence-corrected chi connectivity index (χ1v) is 11.3. The third kappa shape index (κ3) is 3.86. The Morgan fingerprint density at radius 1 is 1.09 bits per heavy atom. The molecule has 2 atom stereocenters. The molecule has 0 saturated heterocycles. The zero-order valence-electron chi connectivity index (χ0n) is 17.7. The SMILES string of the molecule is C=CCOc1ccc(C2=NN3[C@@H](C2)c2cc(Br)ccc2O[C@H]3c2ccc(OC)cc2)cc1. The molecular weight excluding hydrogens is 468 g/mol. The molecule has 0 fully saturated rings. The van der Waals surface area contributed by atoms with Crippen LogP contribution in [-0.4, -0.2) is 24.4 Å². The van der Waals surface area contributed by atoms with E-state index in [9.17, 15) is 0 Å². The van der Waals surface area contributed by atoms with Gasteiger partial charge in [-0.2, -0.15) is 5.10 Å².